The summed E-state index contributed by atoms with van der Waals surface area (Å²) in [6.07, 6.45) is -1.02. The predicted molar refractivity (Wildman–Crippen MR) is 73.1 cm³/mol. The maximum atomic E-state index is 13.3. The fourth-order valence-corrected chi connectivity index (χ4v) is 2.11. The average molecular weight is 281 g/mol. The van der Waals surface area contributed by atoms with Crippen LogP contribution in [0.25, 0.3) is 0 Å². The zero-order valence-corrected chi connectivity index (χ0v) is 11.2. The summed E-state index contributed by atoms with van der Waals surface area (Å²) in [5.74, 6) is 0.130. The summed E-state index contributed by atoms with van der Waals surface area (Å²) < 4.78 is 18.7. The summed E-state index contributed by atoms with van der Waals surface area (Å²) in [6, 6.07) is 11.0. The number of ether oxygens (including phenoxy) is 1. The maximum absolute atomic E-state index is 13.3. The highest BCUT2D eigenvalue weighted by Gasteiger charge is 2.18. The maximum Gasteiger partial charge on any atom is 0.125 e. The van der Waals surface area contributed by atoms with Crippen LogP contribution in [0.5, 0.6) is 5.75 Å². The molecule has 0 aliphatic heterocycles. The van der Waals surface area contributed by atoms with E-state index in [4.69, 9.17) is 16.3 Å². The first-order valence-corrected chi connectivity index (χ1v) is 6.36. The van der Waals surface area contributed by atoms with Crippen LogP contribution in [0.1, 0.15) is 24.2 Å². The van der Waals surface area contributed by atoms with Crippen molar-refractivity contribution in [3.05, 3.63) is 64.4 Å². The summed E-state index contributed by atoms with van der Waals surface area (Å²) >= 11 is 6.00. The van der Waals surface area contributed by atoms with Crippen molar-refractivity contribution in [2.24, 2.45) is 0 Å². The molecule has 2 nitrogen and oxygen atoms in total. The van der Waals surface area contributed by atoms with Gasteiger partial charge < -0.3 is 9.84 Å². The number of hydrogen-bond donors (Lipinski definition) is 1. The molecule has 1 unspecified atom stereocenters. The van der Waals surface area contributed by atoms with Gasteiger partial charge in [0, 0.05) is 16.1 Å². The molecule has 0 bridgehead atoms. The Balaban J connectivity index is 2.43. The van der Waals surface area contributed by atoms with E-state index in [1.807, 2.05) is 13.0 Å². The second kappa shape index (κ2) is 6.04. The number of para-hydroxylation sites is 1. The Morgan fingerprint density at radius 1 is 1.21 bits per heavy atom. The third-order valence-electron chi connectivity index (χ3n) is 2.77. The number of hydrogen-bond acceptors (Lipinski definition) is 2. The average Bonchev–Trinajstić information content (AvgIpc) is 2.42. The smallest absolute Gasteiger partial charge is 0.125 e. The molecule has 0 aliphatic rings. The first-order chi connectivity index (χ1) is 9.13. The SMILES string of the molecule is CCOc1ccccc1C(O)c1cc(F)ccc1Cl. The van der Waals surface area contributed by atoms with Gasteiger partial charge in [0.2, 0.25) is 0 Å². The summed E-state index contributed by atoms with van der Waals surface area (Å²) in [5.41, 5.74) is 0.894. The molecule has 2 aromatic carbocycles. The summed E-state index contributed by atoms with van der Waals surface area (Å²) in [7, 11) is 0. The van der Waals surface area contributed by atoms with E-state index >= 15 is 0 Å². The monoisotopic (exact) mass is 280 g/mol. The van der Waals surface area contributed by atoms with Crippen molar-refractivity contribution in [2.45, 2.75) is 13.0 Å². The van der Waals surface area contributed by atoms with Gasteiger partial charge in [0.15, 0.2) is 0 Å². The van der Waals surface area contributed by atoms with E-state index in [1.54, 1.807) is 18.2 Å². The lowest BCUT2D eigenvalue weighted by Crippen LogP contribution is -2.05. The van der Waals surface area contributed by atoms with Gasteiger partial charge in [0.25, 0.3) is 0 Å². The molecule has 0 saturated heterocycles. The Morgan fingerprint density at radius 2 is 1.95 bits per heavy atom. The second-order valence-corrected chi connectivity index (χ2v) is 4.45. The highest BCUT2D eigenvalue weighted by atomic mass is 35.5. The molecule has 0 amide bonds. The van der Waals surface area contributed by atoms with Gasteiger partial charge in [-0.1, -0.05) is 29.8 Å². The van der Waals surface area contributed by atoms with Gasteiger partial charge in [0.05, 0.1) is 6.61 Å². The van der Waals surface area contributed by atoms with Crippen LogP contribution in [0.3, 0.4) is 0 Å². The Bertz CT molecular complexity index is 572. The van der Waals surface area contributed by atoms with Gasteiger partial charge in [-0.3, -0.25) is 0 Å². The third-order valence-corrected chi connectivity index (χ3v) is 3.11. The molecule has 0 aromatic heterocycles. The molecule has 1 atom stereocenters. The van der Waals surface area contributed by atoms with E-state index < -0.39 is 11.9 Å². The molecule has 0 aliphatic carbocycles. The van der Waals surface area contributed by atoms with Gasteiger partial charge in [-0.05, 0) is 31.2 Å². The van der Waals surface area contributed by atoms with E-state index in [1.165, 1.54) is 18.2 Å². The number of benzene rings is 2. The highest BCUT2D eigenvalue weighted by Crippen LogP contribution is 2.33. The molecular formula is C15H14ClFO2. The quantitative estimate of drug-likeness (QED) is 0.918. The number of aliphatic hydroxyl groups excluding tert-OH is 1. The van der Waals surface area contributed by atoms with Crippen molar-refractivity contribution in [3.63, 3.8) is 0 Å². The summed E-state index contributed by atoms with van der Waals surface area (Å²) in [6.45, 7) is 2.35. The fraction of sp³-hybridized carbons (Fsp3) is 0.200. The van der Waals surface area contributed by atoms with E-state index in [9.17, 15) is 9.50 Å². The van der Waals surface area contributed by atoms with Gasteiger partial charge in [-0.2, -0.15) is 0 Å². The van der Waals surface area contributed by atoms with Crippen molar-refractivity contribution in [1.29, 1.82) is 0 Å². The lowest BCUT2D eigenvalue weighted by Gasteiger charge is -2.17. The fourth-order valence-electron chi connectivity index (χ4n) is 1.89. The highest BCUT2D eigenvalue weighted by molar-refractivity contribution is 6.31. The first kappa shape index (κ1) is 13.8. The van der Waals surface area contributed by atoms with Crippen LogP contribution < -0.4 is 4.74 Å². The van der Waals surface area contributed by atoms with E-state index in [0.29, 0.717) is 28.5 Å². The van der Waals surface area contributed by atoms with E-state index in [-0.39, 0.29) is 0 Å². The summed E-state index contributed by atoms with van der Waals surface area (Å²) in [5, 5.41) is 10.7. The topological polar surface area (TPSA) is 29.5 Å². The van der Waals surface area contributed by atoms with Crippen LogP contribution in [0.15, 0.2) is 42.5 Å². The van der Waals surface area contributed by atoms with Crippen molar-refractivity contribution in [1.82, 2.24) is 0 Å². The second-order valence-electron chi connectivity index (χ2n) is 4.04. The van der Waals surface area contributed by atoms with Crippen LogP contribution in [0.2, 0.25) is 5.02 Å². The van der Waals surface area contributed by atoms with E-state index in [2.05, 4.69) is 0 Å². The number of halogens is 2. The molecule has 0 saturated carbocycles. The molecule has 100 valence electrons. The Hall–Kier alpha value is -1.58. The zero-order chi connectivity index (χ0) is 13.8. The molecule has 0 radical (unpaired) electrons. The van der Waals surface area contributed by atoms with Crippen molar-refractivity contribution in [2.75, 3.05) is 6.61 Å². The van der Waals surface area contributed by atoms with Crippen LogP contribution in [-0.2, 0) is 0 Å². The van der Waals surface area contributed by atoms with Gasteiger partial charge in [0.1, 0.15) is 17.7 Å². The minimum Gasteiger partial charge on any atom is -0.493 e. The molecule has 0 spiro atoms. The van der Waals surface area contributed by atoms with Crippen LogP contribution in [0, 0.1) is 5.82 Å². The molecule has 4 heteroatoms. The van der Waals surface area contributed by atoms with Crippen LogP contribution in [-0.4, -0.2) is 11.7 Å². The molecule has 0 heterocycles. The Morgan fingerprint density at radius 3 is 2.68 bits per heavy atom. The van der Waals surface area contributed by atoms with Gasteiger partial charge in [-0.25, -0.2) is 4.39 Å². The van der Waals surface area contributed by atoms with Gasteiger partial charge >= 0.3 is 0 Å². The van der Waals surface area contributed by atoms with Gasteiger partial charge in [-0.15, -0.1) is 0 Å². The van der Waals surface area contributed by atoms with Crippen molar-refractivity contribution < 1.29 is 14.2 Å². The number of aliphatic hydroxyl groups is 1. The molecular weight excluding hydrogens is 267 g/mol. The Labute approximate surface area is 116 Å². The standard InChI is InChI=1S/C15H14ClFO2/c1-2-19-14-6-4-3-5-11(14)15(18)12-9-10(17)7-8-13(12)16/h3-9,15,18H,2H2,1H3. The zero-order valence-electron chi connectivity index (χ0n) is 10.4. The molecule has 2 aromatic rings. The van der Waals surface area contributed by atoms with E-state index in [0.717, 1.165) is 0 Å². The van der Waals surface area contributed by atoms with Crippen molar-refractivity contribution >= 4 is 11.6 Å². The molecule has 2 rings (SSSR count). The van der Waals surface area contributed by atoms with Crippen molar-refractivity contribution in [3.8, 4) is 5.75 Å². The third kappa shape index (κ3) is 3.06. The molecule has 0 fully saturated rings. The molecule has 1 N–H and O–H groups in total. The lowest BCUT2D eigenvalue weighted by atomic mass is 10.0. The predicted octanol–water partition coefficient (Wildman–Crippen LogP) is 3.96. The largest absolute Gasteiger partial charge is 0.493 e. The summed E-state index contributed by atoms with van der Waals surface area (Å²) in [4.78, 5) is 0. The Kier molecular flexibility index (Phi) is 4.40. The minimum absolute atomic E-state index is 0.320. The van der Waals surface area contributed by atoms with Crippen LogP contribution in [0.4, 0.5) is 4.39 Å². The molecule has 19 heavy (non-hydrogen) atoms. The lowest BCUT2D eigenvalue weighted by molar-refractivity contribution is 0.211. The number of rotatable bonds is 4. The normalized spacial score (nSPS) is 12.2. The first-order valence-electron chi connectivity index (χ1n) is 5.98. The minimum atomic E-state index is -1.02. The van der Waals surface area contributed by atoms with Crippen LogP contribution >= 0.6 is 11.6 Å².